The molecule has 1 amide bonds. The van der Waals surface area contributed by atoms with Crippen LogP contribution in [0.25, 0.3) is 0 Å². The normalized spacial score (nSPS) is 14.3. The average molecular weight is 155 g/mol. The molecule has 0 atom stereocenters. The van der Waals surface area contributed by atoms with Crippen molar-refractivity contribution in [3.8, 4) is 0 Å². The second-order valence-corrected chi connectivity index (χ2v) is 1.92. The first kappa shape index (κ1) is 12.6. The zero-order chi connectivity index (χ0) is 9.28. The van der Waals surface area contributed by atoms with Gasteiger partial charge in [0.05, 0.1) is 0 Å². The number of carbonyl (C=O) groups excluding carboxylic acids is 1. The van der Waals surface area contributed by atoms with Gasteiger partial charge in [-0.15, -0.1) is 26.3 Å². The van der Waals surface area contributed by atoms with Crippen molar-refractivity contribution in [2.75, 3.05) is 13.6 Å². The van der Waals surface area contributed by atoms with Crippen LogP contribution in [0.5, 0.6) is 0 Å². The molecule has 0 unspecified atom stereocenters. The van der Waals surface area contributed by atoms with Gasteiger partial charge in [0.15, 0.2) is 0 Å². The molecule has 64 valence electrons. The quantitative estimate of drug-likeness (QED) is 0.489. The molecule has 0 spiro atoms. The van der Waals surface area contributed by atoms with Gasteiger partial charge in [-0.25, -0.2) is 0 Å². The topological polar surface area (TPSA) is 20.3 Å². The van der Waals surface area contributed by atoms with Crippen LogP contribution >= 0.6 is 0 Å². The summed E-state index contributed by atoms with van der Waals surface area (Å²) in [6.07, 6.45) is 1.81. The van der Waals surface area contributed by atoms with Gasteiger partial charge >= 0.3 is 0 Å². The Balaban J connectivity index is 0. The van der Waals surface area contributed by atoms with Gasteiger partial charge < -0.3 is 4.90 Å². The molecular weight excluding hydrogens is 138 g/mol. The predicted octanol–water partition coefficient (Wildman–Crippen LogP) is 1.84. The summed E-state index contributed by atoms with van der Waals surface area (Å²) in [7, 11) is 1.84. The summed E-state index contributed by atoms with van der Waals surface area (Å²) in [6, 6.07) is 0. The summed E-state index contributed by atoms with van der Waals surface area (Å²) in [5, 5.41) is 0. The standard InChI is InChI=1S/C5H9NO.2C2H4/c1-6-4-2-3-5(6)7;2*1-2/h2-4H2,1H3;2*1-2H2. The van der Waals surface area contributed by atoms with E-state index >= 15 is 0 Å². The molecule has 2 heteroatoms. The second kappa shape index (κ2) is 8.95. The Morgan fingerprint density at radius 2 is 1.73 bits per heavy atom. The highest BCUT2D eigenvalue weighted by atomic mass is 16.2. The molecule has 11 heavy (non-hydrogen) atoms. The molecule has 0 aromatic carbocycles. The first-order valence-corrected chi connectivity index (χ1v) is 3.54. The number of amides is 1. The number of nitrogens with zero attached hydrogens (tertiary/aromatic N) is 1. The van der Waals surface area contributed by atoms with E-state index in [1.54, 1.807) is 4.90 Å². The van der Waals surface area contributed by atoms with Crippen molar-refractivity contribution in [1.29, 1.82) is 0 Å². The lowest BCUT2D eigenvalue weighted by Crippen LogP contribution is -2.17. The molecule has 0 aromatic rings. The summed E-state index contributed by atoms with van der Waals surface area (Å²) in [5.41, 5.74) is 0. The highest BCUT2D eigenvalue weighted by molar-refractivity contribution is 5.77. The number of likely N-dealkylation sites (tertiary alicyclic amines) is 1. The summed E-state index contributed by atoms with van der Waals surface area (Å²) in [5.74, 6) is 0.292. The van der Waals surface area contributed by atoms with Crippen molar-refractivity contribution >= 4 is 5.91 Å². The fraction of sp³-hybridized carbons (Fsp3) is 0.444. The van der Waals surface area contributed by atoms with E-state index < -0.39 is 0 Å². The van der Waals surface area contributed by atoms with Gasteiger partial charge in [-0.1, -0.05) is 0 Å². The van der Waals surface area contributed by atoms with Crippen LogP contribution in [0, 0.1) is 0 Å². The molecule has 1 rings (SSSR count). The van der Waals surface area contributed by atoms with E-state index in [0.717, 1.165) is 19.4 Å². The lowest BCUT2D eigenvalue weighted by atomic mass is 10.4. The molecule has 1 saturated heterocycles. The fourth-order valence-corrected chi connectivity index (χ4v) is 0.783. The van der Waals surface area contributed by atoms with E-state index in [0.29, 0.717) is 5.91 Å². The van der Waals surface area contributed by atoms with Crippen LogP contribution in [-0.2, 0) is 4.79 Å². The molecule has 1 aliphatic rings. The molecule has 0 radical (unpaired) electrons. The molecule has 0 saturated carbocycles. The van der Waals surface area contributed by atoms with Crippen LogP contribution < -0.4 is 0 Å². The van der Waals surface area contributed by atoms with Gasteiger partial charge in [-0.05, 0) is 6.42 Å². The second-order valence-electron chi connectivity index (χ2n) is 1.92. The molecule has 1 aliphatic heterocycles. The average Bonchev–Trinajstić information content (AvgIpc) is 2.44. The van der Waals surface area contributed by atoms with Gasteiger partial charge in [-0.2, -0.15) is 0 Å². The van der Waals surface area contributed by atoms with Crippen molar-refractivity contribution in [2.24, 2.45) is 0 Å². The summed E-state index contributed by atoms with van der Waals surface area (Å²) in [6.45, 7) is 13.0. The lowest BCUT2D eigenvalue weighted by molar-refractivity contribution is -0.126. The van der Waals surface area contributed by atoms with Gasteiger partial charge in [0.2, 0.25) is 5.91 Å². The van der Waals surface area contributed by atoms with Crippen LogP contribution in [0.4, 0.5) is 0 Å². The highest BCUT2D eigenvalue weighted by Gasteiger charge is 2.14. The maximum atomic E-state index is 10.5. The van der Waals surface area contributed by atoms with E-state index in [1.165, 1.54) is 0 Å². The molecule has 0 N–H and O–H groups in total. The molecule has 1 heterocycles. The first-order chi connectivity index (χ1) is 5.30. The number of hydrogen-bond donors (Lipinski definition) is 0. The van der Waals surface area contributed by atoms with Crippen molar-refractivity contribution in [1.82, 2.24) is 4.90 Å². The predicted molar refractivity (Wildman–Crippen MR) is 49.4 cm³/mol. The molecule has 0 aliphatic carbocycles. The van der Waals surface area contributed by atoms with Crippen LogP contribution in [0.15, 0.2) is 26.3 Å². The SMILES string of the molecule is C=C.C=C.CN1CCCC1=O. The van der Waals surface area contributed by atoms with Crippen LogP contribution in [0.3, 0.4) is 0 Å². The molecule has 0 aromatic heterocycles. The minimum absolute atomic E-state index is 0.292. The third-order valence-corrected chi connectivity index (χ3v) is 1.31. The van der Waals surface area contributed by atoms with E-state index in [-0.39, 0.29) is 0 Å². The van der Waals surface area contributed by atoms with Gasteiger partial charge in [0.25, 0.3) is 0 Å². The Morgan fingerprint density at radius 3 is 1.82 bits per heavy atom. The van der Waals surface area contributed by atoms with Crippen molar-refractivity contribution < 1.29 is 4.79 Å². The number of rotatable bonds is 0. The zero-order valence-corrected chi connectivity index (χ0v) is 7.31. The largest absolute Gasteiger partial charge is 0.346 e. The third-order valence-electron chi connectivity index (χ3n) is 1.31. The molecule has 0 bridgehead atoms. The Labute approximate surface area is 69.2 Å². The molecule has 1 fully saturated rings. The maximum Gasteiger partial charge on any atom is 0.222 e. The number of hydrogen-bond acceptors (Lipinski definition) is 1. The Hall–Kier alpha value is -1.05. The van der Waals surface area contributed by atoms with Crippen molar-refractivity contribution in [3.63, 3.8) is 0 Å². The van der Waals surface area contributed by atoms with Crippen molar-refractivity contribution in [2.45, 2.75) is 12.8 Å². The monoisotopic (exact) mass is 155 g/mol. The number of carbonyl (C=O) groups is 1. The zero-order valence-electron chi connectivity index (χ0n) is 7.31. The van der Waals surface area contributed by atoms with E-state index in [9.17, 15) is 4.79 Å². The Bertz CT molecular complexity index is 110. The van der Waals surface area contributed by atoms with Gasteiger partial charge in [-0.3, -0.25) is 4.79 Å². The Morgan fingerprint density at radius 1 is 1.27 bits per heavy atom. The smallest absolute Gasteiger partial charge is 0.222 e. The first-order valence-electron chi connectivity index (χ1n) is 3.54. The van der Waals surface area contributed by atoms with Crippen LogP contribution in [0.1, 0.15) is 12.8 Å². The van der Waals surface area contributed by atoms with E-state index in [1.807, 2.05) is 7.05 Å². The van der Waals surface area contributed by atoms with E-state index in [2.05, 4.69) is 26.3 Å². The summed E-state index contributed by atoms with van der Waals surface area (Å²) in [4.78, 5) is 12.3. The summed E-state index contributed by atoms with van der Waals surface area (Å²) < 4.78 is 0. The minimum Gasteiger partial charge on any atom is -0.346 e. The molecule has 2 nitrogen and oxygen atoms in total. The van der Waals surface area contributed by atoms with Crippen molar-refractivity contribution in [3.05, 3.63) is 26.3 Å². The van der Waals surface area contributed by atoms with Crippen LogP contribution in [-0.4, -0.2) is 24.4 Å². The van der Waals surface area contributed by atoms with E-state index in [4.69, 9.17) is 0 Å². The third kappa shape index (κ3) is 5.40. The lowest BCUT2D eigenvalue weighted by Gasteiger charge is -2.03. The maximum absolute atomic E-state index is 10.5. The Kier molecular flexibility index (Phi) is 10.3. The van der Waals surface area contributed by atoms with Crippen LogP contribution in [0.2, 0.25) is 0 Å². The van der Waals surface area contributed by atoms with Gasteiger partial charge in [0.1, 0.15) is 0 Å². The highest BCUT2D eigenvalue weighted by Crippen LogP contribution is 2.04. The molecular formula is C9H17NO. The minimum atomic E-state index is 0.292. The fourth-order valence-electron chi connectivity index (χ4n) is 0.783. The summed E-state index contributed by atoms with van der Waals surface area (Å²) >= 11 is 0. The van der Waals surface area contributed by atoms with Gasteiger partial charge in [0, 0.05) is 20.0 Å².